The Labute approximate surface area is 202 Å². The lowest BCUT2D eigenvalue weighted by atomic mass is 9.81. The molecule has 2 heterocycles. The van der Waals surface area contributed by atoms with Gasteiger partial charge in [-0.15, -0.1) is 0 Å². The van der Waals surface area contributed by atoms with E-state index >= 15 is 0 Å². The molecule has 1 aliphatic carbocycles. The summed E-state index contributed by atoms with van der Waals surface area (Å²) >= 11 is 6.19. The summed E-state index contributed by atoms with van der Waals surface area (Å²) in [6.45, 7) is 2.03. The highest BCUT2D eigenvalue weighted by Gasteiger charge is 2.48. The topological polar surface area (TPSA) is 84.0 Å². The van der Waals surface area contributed by atoms with Crippen molar-refractivity contribution in [3.05, 3.63) is 53.1 Å². The van der Waals surface area contributed by atoms with Gasteiger partial charge in [0.25, 0.3) is 0 Å². The lowest BCUT2D eigenvalue weighted by molar-refractivity contribution is -0.139. The van der Waals surface area contributed by atoms with Crippen LogP contribution < -0.4 is 14.5 Å². The molecule has 0 radical (unpaired) electrons. The second kappa shape index (κ2) is 8.87. The molecule has 2 aromatic rings. The van der Waals surface area contributed by atoms with Crippen molar-refractivity contribution in [3.8, 4) is 5.75 Å². The zero-order valence-corrected chi connectivity index (χ0v) is 19.6. The quantitative estimate of drug-likeness (QED) is 0.370. The molecule has 3 fully saturated rings. The van der Waals surface area contributed by atoms with Crippen LogP contribution in [0.2, 0.25) is 5.02 Å². The fourth-order valence-corrected chi connectivity index (χ4v) is 5.46. The van der Waals surface area contributed by atoms with Crippen molar-refractivity contribution in [1.82, 2.24) is 0 Å². The predicted octanol–water partition coefficient (Wildman–Crippen LogP) is 4.29. The van der Waals surface area contributed by atoms with Crippen molar-refractivity contribution in [2.75, 3.05) is 16.3 Å². The molecular formula is C26H25ClN2O5. The van der Waals surface area contributed by atoms with Gasteiger partial charge in [0.1, 0.15) is 5.75 Å². The van der Waals surface area contributed by atoms with Gasteiger partial charge < -0.3 is 9.64 Å². The highest BCUT2D eigenvalue weighted by Crippen LogP contribution is 2.40. The van der Waals surface area contributed by atoms with Crippen molar-refractivity contribution in [3.63, 3.8) is 0 Å². The van der Waals surface area contributed by atoms with Gasteiger partial charge in [-0.2, -0.15) is 0 Å². The fourth-order valence-electron chi connectivity index (χ4n) is 5.29. The summed E-state index contributed by atoms with van der Waals surface area (Å²) in [5.41, 5.74) is 1.87. The van der Waals surface area contributed by atoms with E-state index in [1.54, 1.807) is 47.4 Å². The Balaban J connectivity index is 1.30. The molecule has 3 aliphatic rings. The van der Waals surface area contributed by atoms with Crippen LogP contribution in [-0.2, 0) is 19.2 Å². The molecule has 34 heavy (non-hydrogen) atoms. The molecule has 2 saturated heterocycles. The Bertz CT molecular complexity index is 1170. The van der Waals surface area contributed by atoms with Crippen LogP contribution in [0.1, 0.15) is 37.7 Å². The number of esters is 1. The summed E-state index contributed by atoms with van der Waals surface area (Å²) in [5.74, 6) is -1.94. The number of carbonyl (C=O) groups is 4. The minimum absolute atomic E-state index is 0.0386. The Morgan fingerprint density at radius 2 is 1.68 bits per heavy atom. The van der Waals surface area contributed by atoms with Crippen LogP contribution in [-0.4, -0.2) is 30.2 Å². The monoisotopic (exact) mass is 480 g/mol. The van der Waals surface area contributed by atoms with Crippen molar-refractivity contribution in [1.29, 1.82) is 0 Å². The molecular weight excluding hydrogens is 456 g/mol. The van der Waals surface area contributed by atoms with Crippen molar-refractivity contribution in [2.45, 2.75) is 39.0 Å². The van der Waals surface area contributed by atoms with Gasteiger partial charge in [-0.25, -0.2) is 4.90 Å². The largest absolute Gasteiger partial charge is 0.426 e. The van der Waals surface area contributed by atoms with Crippen LogP contribution in [0.5, 0.6) is 5.75 Å². The molecule has 1 saturated carbocycles. The van der Waals surface area contributed by atoms with Gasteiger partial charge >= 0.3 is 5.97 Å². The molecule has 3 amide bonds. The molecule has 0 N–H and O–H groups in total. The number of halogens is 1. The average Bonchev–Trinajstić information content (AvgIpc) is 3.33. The van der Waals surface area contributed by atoms with Gasteiger partial charge in [-0.05, 0) is 49.6 Å². The summed E-state index contributed by atoms with van der Waals surface area (Å²) in [7, 11) is 0. The first-order chi connectivity index (χ1) is 16.3. The first-order valence-electron chi connectivity index (χ1n) is 11.6. The van der Waals surface area contributed by atoms with Gasteiger partial charge in [0.2, 0.25) is 17.7 Å². The molecule has 0 spiro atoms. The van der Waals surface area contributed by atoms with Crippen molar-refractivity contribution in [2.24, 2.45) is 17.8 Å². The maximum Gasteiger partial charge on any atom is 0.316 e. The summed E-state index contributed by atoms with van der Waals surface area (Å²) < 4.78 is 5.58. The van der Waals surface area contributed by atoms with Crippen LogP contribution in [0.25, 0.3) is 0 Å². The lowest BCUT2D eigenvalue weighted by Gasteiger charge is -2.19. The zero-order valence-electron chi connectivity index (χ0n) is 18.8. The standard InChI is InChI=1S/C26H25ClN2O5/c1-15-21(27)10-5-11-22(15)28-14-16(12-23(28)30)26(33)34-18-7-4-6-17(13-18)29-24(31)19-8-2-3-9-20(19)25(29)32/h4-7,10-11,13,16,19-20H,2-3,8-9,12,14H2,1H3/t16-,19-,20+/m1/s1. The zero-order chi connectivity index (χ0) is 24.0. The number of amides is 3. The first kappa shape index (κ1) is 22.6. The number of fused-ring (bicyclic) bond motifs is 1. The Morgan fingerprint density at radius 3 is 2.38 bits per heavy atom. The number of rotatable bonds is 4. The SMILES string of the molecule is Cc1c(Cl)cccc1N1C[C@H](C(=O)Oc2cccc(N3C(=O)[C@H]4CCCC[C@H]4C3=O)c2)CC1=O. The van der Waals surface area contributed by atoms with Gasteiger partial charge in [0, 0.05) is 29.7 Å². The maximum absolute atomic E-state index is 12.9. The molecule has 0 bridgehead atoms. The second-order valence-corrected chi connectivity index (χ2v) is 9.62. The highest BCUT2D eigenvalue weighted by molar-refractivity contribution is 6.31. The number of carbonyl (C=O) groups excluding carboxylic acids is 4. The van der Waals surface area contributed by atoms with E-state index in [-0.39, 0.29) is 48.3 Å². The van der Waals surface area contributed by atoms with Crippen molar-refractivity contribution >= 4 is 46.7 Å². The van der Waals surface area contributed by atoms with E-state index < -0.39 is 11.9 Å². The number of anilines is 2. The molecule has 0 aromatic heterocycles. The van der Waals surface area contributed by atoms with E-state index in [9.17, 15) is 19.2 Å². The highest BCUT2D eigenvalue weighted by atomic mass is 35.5. The second-order valence-electron chi connectivity index (χ2n) is 9.22. The third kappa shape index (κ3) is 3.88. The van der Waals surface area contributed by atoms with E-state index in [1.165, 1.54) is 4.90 Å². The minimum Gasteiger partial charge on any atom is -0.426 e. The molecule has 0 unspecified atom stereocenters. The summed E-state index contributed by atoms with van der Waals surface area (Å²) in [4.78, 5) is 54.1. The van der Waals surface area contributed by atoms with E-state index in [4.69, 9.17) is 16.3 Å². The van der Waals surface area contributed by atoms with E-state index in [2.05, 4.69) is 0 Å². The third-order valence-corrected chi connectivity index (χ3v) is 7.53. The van der Waals surface area contributed by atoms with Crippen LogP contribution in [0.15, 0.2) is 42.5 Å². The number of hydrogen-bond acceptors (Lipinski definition) is 5. The van der Waals surface area contributed by atoms with Gasteiger partial charge in [-0.3, -0.25) is 19.2 Å². The molecule has 176 valence electrons. The summed E-state index contributed by atoms with van der Waals surface area (Å²) in [6.07, 6.45) is 3.42. The predicted molar refractivity (Wildman–Crippen MR) is 127 cm³/mol. The molecule has 3 atom stereocenters. The Morgan fingerprint density at radius 1 is 1.00 bits per heavy atom. The van der Waals surface area contributed by atoms with Gasteiger partial charge in [-0.1, -0.05) is 36.6 Å². The molecule has 8 heteroatoms. The first-order valence-corrected chi connectivity index (χ1v) is 12.0. The Hall–Kier alpha value is -3.19. The van der Waals surface area contributed by atoms with E-state index in [1.807, 2.05) is 6.92 Å². The number of ether oxygens (including phenoxy) is 1. The maximum atomic E-state index is 12.9. The number of imide groups is 1. The normalized spacial score (nSPS) is 24.5. The number of benzene rings is 2. The van der Waals surface area contributed by atoms with Gasteiger partial charge in [0.05, 0.1) is 23.4 Å². The number of nitrogens with zero attached hydrogens (tertiary/aromatic N) is 2. The van der Waals surface area contributed by atoms with Crippen LogP contribution in [0.4, 0.5) is 11.4 Å². The third-order valence-electron chi connectivity index (χ3n) is 7.12. The summed E-state index contributed by atoms with van der Waals surface area (Å²) in [5, 5.41) is 0.555. The summed E-state index contributed by atoms with van der Waals surface area (Å²) in [6, 6.07) is 11.8. The Kier molecular flexibility index (Phi) is 5.90. The smallest absolute Gasteiger partial charge is 0.316 e. The minimum atomic E-state index is -0.632. The number of hydrogen-bond donors (Lipinski definition) is 0. The van der Waals surface area contributed by atoms with Crippen molar-refractivity contribution < 1.29 is 23.9 Å². The molecule has 5 rings (SSSR count). The molecule has 7 nitrogen and oxygen atoms in total. The van der Waals surface area contributed by atoms with Crippen LogP contribution >= 0.6 is 11.6 Å². The van der Waals surface area contributed by atoms with Crippen LogP contribution in [0.3, 0.4) is 0 Å². The van der Waals surface area contributed by atoms with Gasteiger partial charge in [0.15, 0.2) is 0 Å². The van der Waals surface area contributed by atoms with E-state index in [0.29, 0.717) is 16.4 Å². The lowest BCUT2D eigenvalue weighted by Crippen LogP contribution is -2.31. The van der Waals surface area contributed by atoms with E-state index in [0.717, 1.165) is 31.2 Å². The average molecular weight is 481 g/mol. The molecule has 2 aromatic carbocycles. The fraction of sp³-hybridized carbons (Fsp3) is 0.385. The van der Waals surface area contributed by atoms with Crippen LogP contribution in [0, 0.1) is 24.7 Å². The molecule has 2 aliphatic heterocycles.